The summed E-state index contributed by atoms with van der Waals surface area (Å²) < 4.78 is 37.3. The SMILES string of the molecule is COc1cc(-n2c(C(C)C)c([C@@H]3CC[C@@H](C(=O)O)C3)c3c(F)c4[nH]ncc4cc32)ccc1F. The number of hydrogen-bond donors (Lipinski definition) is 2. The fourth-order valence-corrected chi connectivity index (χ4v) is 5.36. The van der Waals surface area contributed by atoms with Crippen LogP contribution in [0.1, 0.15) is 56.2 Å². The van der Waals surface area contributed by atoms with Gasteiger partial charge in [-0.2, -0.15) is 5.10 Å². The van der Waals surface area contributed by atoms with Crippen molar-refractivity contribution in [3.8, 4) is 11.4 Å². The molecule has 0 radical (unpaired) electrons. The fourth-order valence-electron chi connectivity index (χ4n) is 5.36. The van der Waals surface area contributed by atoms with Crippen LogP contribution >= 0.6 is 0 Å². The van der Waals surface area contributed by atoms with Crippen molar-refractivity contribution >= 4 is 27.8 Å². The molecule has 8 heteroatoms. The van der Waals surface area contributed by atoms with Gasteiger partial charge in [0.2, 0.25) is 0 Å². The van der Waals surface area contributed by atoms with Crippen LogP contribution in [0, 0.1) is 17.6 Å². The monoisotopic (exact) mass is 453 g/mol. The zero-order chi connectivity index (χ0) is 23.4. The molecular formula is C25H25F2N3O3. The zero-order valence-corrected chi connectivity index (χ0v) is 18.7. The van der Waals surface area contributed by atoms with Crippen molar-refractivity contribution in [2.45, 2.75) is 44.9 Å². The van der Waals surface area contributed by atoms with Crippen LogP contribution in [0.2, 0.25) is 0 Å². The Labute approximate surface area is 189 Å². The van der Waals surface area contributed by atoms with Gasteiger partial charge in [-0.25, -0.2) is 8.78 Å². The van der Waals surface area contributed by atoms with Crippen molar-refractivity contribution in [2.24, 2.45) is 5.92 Å². The van der Waals surface area contributed by atoms with Crippen molar-refractivity contribution in [2.75, 3.05) is 7.11 Å². The van der Waals surface area contributed by atoms with Crippen LogP contribution in [0.4, 0.5) is 8.78 Å². The summed E-state index contributed by atoms with van der Waals surface area (Å²) in [6, 6.07) is 6.48. The maximum Gasteiger partial charge on any atom is 0.306 e. The molecule has 1 aliphatic carbocycles. The third kappa shape index (κ3) is 3.27. The molecule has 6 nitrogen and oxygen atoms in total. The first-order valence-electron chi connectivity index (χ1n) is 11.1. The number of hydrogen-bond acceptors (Lipinski definition) is 3. The number of carboxylic acid groups (broad SMARTS) is 1. The van der Waals surface area contributed by atoms with Gasteiger partial charge in [-0.3, -0.25) is 9.89 Å². The number of rotatable bonds is 5. The van der Waals surface area contributed by atoms with Gasteiger partial charge < -0.3 is 14.4 Å². The highest BCUT2D eigenvalue weighted by molar-refractivity contribution is 6.00. The molecule has 0 saturated heterocycles. The Morgan fingerprint density at radius 3 is 2.73 bits per heavy atom. The number of aromatic amines is 1. The van der Waals surface area contributed by atoms with Crippen LogP contribution in [-0.4, -0.2) is 33.0 Å². The molecule has 2 aromatic carbocycles. The summed E-state index contributed by atoms with van der Waals surface area (Å²) >= 11 is 0. The summed E-state index contributed by atoms with van der Waals surface area (Å²) in [6.45, 7) is 4.06. The predicted octanol–water partition coefficient (Wildman–Crippen LogP) is 5.89. The van der Waals surface area contributed by atoms with Gasteiger partial charge in [-0.05, 0) is 54.9 Å². The number of carboxylic acids is 1. The number of carbonyl (C=O) groups is 1. The average Bonchev–Trinajstić information content (AvgIpc) is 3.51. The van der Waals surface area contributed by atoms with Crippen LogP contribution in [-0.2, 0) is 4.79 Å². The van der Waals surface area contributed by atoms with E-state index in [1.807, 2.05) is 24.5 Å². The number of aliphatic carboxylic acids is 1. The van der Waals surface area contributed by atoms with E-state index >= 15 is 4.39 Å². The van der Waals surface area contributed by atoms with Crippen LogP contribution in [0.3, 0.4) is 0 Å². The molecule has 1 saturated carbocycles. The first-order chi connectivity index (χ1) is 15.8. The van der Waals surface area contributed by atoms with Gasteiger partial charge in [0, 0.05) is 28.2 Å². The molecular weight excluding hydrogens is 428 g/mol. The van der Waals surface area contributed by atoms with E-state index in [1.54, 1.807) is 18.3 Å². The minimum absolute atomic E-state index is 0.00296. The van der Waals surface area contributed by atoms with Crippen molar-refractivity contribution in [1.29, 1.82) is 0 Å². The summed E-state index contributed by atoms with van der Waals surface area (Å²) in [7, 11) is 1.41. The Balaban J connectivity index is 1.87. The van der Waals surface area contributed by atoms with Crippen molar-refractivity contribution in [3.63, 3.8) is 0 Å². The predicted molar refractivity (Wildman–Crippen MR) is 121 cm³/mol. The molecule has 0 aliphatic heterocycles. The van der Waals surface area contributed by atoms with Crippen molar-refractivity contribution in [3.05, 3.63) is 53.4 Å². The molecule has 1 fully saturated rings. The Kier molecular flexibility index (Phi) is 5.11. The highest BCUT2D eigenvalue weighted by Gasteiger charge is 2.36. The average molecular weight is 453 g/mol. The van der Waals surface area contributed by atoms with E-state index in [1.165, 1.54) is 13.2 Å². The lowest BCUT2D eigenvalue weighted by Gasteiger charge is -2.19. The number of methoxy groups -OCH3 is 1. The third-order valence-corrected chi connectivity index (χ3v) is 6.81. The van der Waals surface area contributed by atoms with Gasteiger partial charge in [-0.15, -0.1) is 0 Å². The number of aromatic nitrogens is 3. The largest absolute Gasteiger partial charge is 0.494 e. The molecule has 0 unspecified atom stereocenters. The highest BCUT2D eigenvalue weighted by atomic mass is 19.1. The second-order valence-electron chi connectivity index (χ2n) is 9.07. The van der Waals surface area contributed by atoms with Gasteiger partial charge >= 0.3 is 5.97 Å². The number of benzene rings is 2. The van der Waals surface area contributed by atoms with Gasteiger partial charge in [0.1, 0.15) is 5.52 Å². The van der Waals surface area contributed by atoms with Crippen LogP contribution in [0.25, 0.3) is 27.5 Å². The summed E-state index contributed by atoms with van der Waals surface area (Å²) in [4.78, 5) is 11.7. The van der Waals surface area contributed by atoms with E-state index in [0.717, 1.165) is 11.3 Å². The number of nitrogens with zero attached hydrogens (tertiary/aromatic N) is 2. The molecule has 4 aromatic rings. The number of ether oxygens (including phenoxy) is 1. The minimum Gasteiger partial charge on any atom is -0.494 e. The minimum atomic E-state index is -0.813. The summed E-state index contributed by atoms with van der Waals surface area (Å²) in [5, 5.41) is 17.4. The molecule has 172 valence electrons. The lowest BCUT2D eigenvalue weighted by atomic mass is 9.89. The molecule has 33 heavy (non-hydrogen) atoms. The van der Waals surface area contributed by atoms with Gasteiger partial charge in [0.15, 0.2) is 17.4 Å². The first-order valence-corrected chi connectivity index (χ1v) is 11.1. The molecule has 2 aromatic heterocycles. The quantitative estimate of drug-likeness (QED) is 0.395. The topological polar surface area (TPSA) is 80.1 Å². The fraction of sp³-hybridized carbons (Fsp3) is 0.360. The van der Waals surface area contributed by atoms with E-state index < -0.39 is 23.5 Å². The molecule has 1 aliphatic rings. The van der Waals surface area contributed by atoms with Crippen molar-refractivity contribution in [1.82, 2.24) is 14.8 Å². The normalized spacial score (nSPS) is 18.6. The Hall–Kier alpha value is -3.42. The number of halogens is 2. The second kappa shape index (κ2) is 7.86. The van der Waals surface area contributed by atoms with E-state index in [2.05, 4.69) is 10.2 Å². The van der Waals surface area contributed by atoms with Crippen LogP contribution < -0.4 is 4.74 Å². The molecule has 2 N–H and O–H groups in total. The highest BCUT2D eigenvalue weighted by Crippen LogP contribution is 2.48. The third-order valence-electron chi connectivity index (χ3n) is 6.81. The van der Waals surface area contributed by atoms with E-state index in [4.69, 9.17) is 4.74 Å². The standard InChI is InChI=1S/C25H25F2N3O3/c1-12(2)24-20(13-4-5-14(8-13)25(31)32)21-18(9-15-11-28-29-23(15)22(21)27)30(24)16-6-7-17(26)19(10-16)33-3/h6-7,9-14H,4-5,8H2,1-3H3,(H,28,29)(H,31,32)/t13-,14-/m1/s1. The lowest BCUT2D eigenvalue weighted by molar-refractivity contribution is -0.141. The van der Waals surface area contributed by atoms with E-state index in [9.17, 15) is 14.3 Å². The molecule has 0 bridgehead atoms. The maximum absolute atomic E-state index is 16.0. The lowest BCUT2D eigenvalue weighted by Crippen LogP contribution is -2.10. The van der Waals surface area contributed by atoms with Gasteiger partial charge in [0.05, 0.1) is 24.7 Å². The number of nitrogens with one attached hydrogen (secondary N) is 1. The van der Waals surface area contributed by atoms with Crippen LogP contribution in [0.15, 0.2) is 30.5 Å². The molecule has 5 rings (SSSR count). The summed E-state index contributed by atoms with van der Waals surface area (Å²) in [6.07, 6.45) is 3.26. The number of fused-ring (bicyclic) bond motifs is 2. The van der Waals surface area contributed by atoms with Crippen molar-refractivity contribution < 1.29 is 23.4 Å². The van der Waals surface area contributed by atoms with Crippen LogP contribution in [0.5, 0.6) is 5.75 Å². The molecule has 2 atom stereocenters. The Morgan fingerprint density at radius 1 is 1.27 bits per heavy atom. The van der Waals surface area contributed by atoms with Gasteiger partial charge in [-0.1, -0.05) is 13.8 Å². The zero-order valence-electron chi connectivity index (χ0n) is 18.7. The number of H-pyrrole nitrogens is 1. The smallest absolute Gasteiger partial charge is 0.306 e. The molecule has 0 amide bonds. The Bertz CT molecular complexity index is 1390. The van der Waals surface area contributed by atoms with E-state index in [-0.39, 0.29) is 17.6 Å². The molecule has 2 heterocycles. The second-order valence-corrected chi connectivity index (χ2v) is 9.07. The van der Waals surface area contributed by atoms with E-state index in [0.29, 0.717) is 46.8 Å². The Morgan fingerprint density at radius 2 is 2.06 bits per heavy atom. The summed E-state index contributed by atoms with van der Waals surface area (Å²) in [5.74, 6) is -2.13. The van der Waals surface area contributed by atoms with Gasteiger partial charge in [0.25, 0.3) is 0 Å². The molecule has 0 spiro atoms. The first kappa shape index (κ1) is 21.4. The summed E-state index contributed by atoms with van der Waals surface area (Å²) in [5.41, 5.74) is 3.35. The maximum atomic E-state index is 16.0.